The van der Waals surface area contributed by atoms with Gasteiger partial charge in [0, 0.05) is 5.56 Å². The molecule has 8 nitrogen and oxygen atoms in total. The smallest absolute Gasteiger partial charge is 0.437 e. The molecule has 0 fully saturated rings. The Morgan fingerprint density at radius 3 is 2.41 bits per heavy atom. The highest BCUT2D eigenvalue weighted by atomic mass is 19.1. The van der Waals surface area contributed by atoms with Crippen LogP contribution in [0.1, 0.15) is 6.92 Å². The molecule has 1 N–H and O–H groups in total. The molecule has 1 heterocycles. The summed E-state index contributed by atoms with van der Waals surface area (Å²) in [6.07, 6.45) is 0. The molecule has 0 radical (unpaired) electrons. The van der Waals surface area contributed by atoms with E-state index in [0.717, 1.165) is 10.4 Å². The average molecular weight is 401 g/mol. The highest BCUT2D eigenvalue weighted by Gasteiger charge is 2.13. The summed E-state index contributed by atoms with van der Waals surface area (Å²) in [7, 11) is 0. The second-order valence-corrected chi connectivity index (χ2v) is 5.94. The number of halogens is 1. The van der Waals surface area contributed by atoms with E-state index in [0.29, 0.717) is 17.9 Å². The molecular formula is C20H20FN3O5. The van der Waals surface area contributed by atoms with Gasteiger partial charge in [0.25, 0.3) is 0 Å². The average Bonchev–Trinajstić information content (AvgIpc) is 3.07. The molecule has 3 rings (SSSR count). The third-order valence-corrected chi connectivity index (χ3v) is 3.82. The van der Waals surface area contributed by atoms with Crippen molar-refractivity contribution >= 4 is 5.91 Å². The number of amides is 1. The minimum absolute atomic E-state index is 0.0154. The van der Waals surface area contributed by atoms with Gasteiger partial charge in [0.15, 0.2) is 0 Å². The lowest BCUT2D eigenvalue weighted by molar-refractivity contribution is -0.122. The van der Waals surface area contributed by atoms with E-state index in [1.807, 2.05) is 6.92 Å². The first-order chi connectivity index (χ1) is 14.0. The molecule has 0 saturated heterocycles. The lowest BCUT2D eigenvalue weighted by Gasteiger charge is -2.08. The van der Waals surface area contributed by atoms with Crippen molar-refractivity contribution in [3.8, 4) is 23.0 Å². The van der Waals surface area contributed by atoms with Gasteiger partial charge in [-0.1, -0.05) is 0 Å². The zero-order chi connectivity index (χ0) is 20.6. The number of aromatic nitrogens is 2. The van der Waals surface area contributed by atoms with Gasteiger partial charge in [-0.15, -0.1) is 5.10 Å². The van der Waals surface area contributed by atoms with Crippen LogP contribution in [0.25, 0.3) is 11.5 Å². The summed E-state index contributed by atoms with van der Waals surface area (Å²) >= 11 is 0. The van der Waals surface area contributed by atoms with Crippen LogP contribution in [0.15, 0.2) is 57.7 Å². The van der Waals surface area contributed by atoms with Crippen molar-refractivity contribution in [1.82, 2.24) is 15.1 Å². The Morgan fingerprint density at radius 2 is 1.76 bits per heavy atom. The molecule has 29 heavy (non-hydrogen) atoms. The van der Waals surface area contributed by atoms with Crippen molar-refractivity contribution in [2.75, 3.05) is 19.8 Å². The Labute approximate surface area is 165 Å². The van der Waals surface area contributed by atoms with Crippen LogP contribution in [0.2, 0.25) is 0 Å². The van der Waals surface area contributed by atoms with E-state index in [-0.39, 0.29) is 25.6 Å². The fourth-order valence-electron chi connectivity index (χ4n) is 2.47. The number of hydrogen-bond donors (Lipinski definition) is 1. The molecular weight excluding hydrogens is 381 g/mol. The summed E-state index contributed by atoms with van der Waals surface area (Å²) in [5.74, 6) is -0.180. The number of nitrogens with zero attached hydrogens (tertiary/aromatic N) is 2. The van der Waals surface area contributed by atoms with Crippen LogP contribution >= 0.6 is 0 Å². The molecule has 0 atom stereocenters. The first-order valence-corrected chi connectivity index (χ1v) is 9.01. The topological polar surface area (TPSA) is 95.6 Å². The number of ether oxygens (including phenoxy) is 2. The summed E-state index contributed by atoms with van der Waals surface area (Å²) < 4.78 is 29.8. The molecule has 0 spiro atoms. The second-order valence-electron chi connectivity index (χ2n) is 5.94. The molecule has 0 aliphatic carbocycles. The fourth-order valence-corrected chi connectivity index (χ4v) is 2.47. The van der Waals surface area contributed by atoms with Crippen molar-refractivity contribution in [3.63, 3.8) is 0 Å². The lowest BCUT2D eigenvalue weighted by atomic mass is 10.2. The zero-order valence-corrected chi connectivity index (χ0v) is 15.8. The Hall–Kier alpha value is -3.62. The van der Waals surface area contributed by atoms with Gasteiger partial charge in [0.05, 0.1) is 13.2 Å². The largest absolute Gasteiger partial charge is 0.494 e. The molecule has 0 unspecified atom stereocenters. The van der Waals surface area contributed by atoms with Crippen molar-refractivity contribution in [2.45, 2.75) is 13.5 Å². The first kappa shape index (κ1) is 20.1. The molecule has 0 bridgehead atoms. The van der Waals surface area contributed by atoms with Crippen LogP contribution in [0, 0.1) is 5.82 Å². The van der Waals surface area contributed by atoms with Crippen LogP contribution in [-0.2, 0) is 11.3 Å². The number of hydrogen-bond acceptors (Lipinski definition) is 6. The molecule has 1 aromatic heterocycles. The minimum Gasteiger partial charge on any atom is -0.494 e. The summed E-state index contributed by atoms with van der Waals surface area (Å²) in [5.41, 5.74) is 0.436. The summed E-state index contributed by atoms with van der Waals surface area (Å²) in [5, 5.41) is 6.60. The van der Waals surface area contributed by atoms with Crippen molar-refractivity contribution in [3.05, 3.63) is 64.9 Å². The van der Waals surface area contributed by atoms with Gasteiger partial charge < -0.3 is 19.2 Å². The molecule has 3 aromatic rings. The van der Waals surface area contributed by atoms with Gasteiger partial charge in [0.2, 0.25) is 11.8 Å². The predicted molar refractivity (Wildman–Crippen MR) is 102 cm³/mol. The highest BCUT2D eigenvalue weighted by molar-refractivity contribution is 5.75. The molecule has 2 aromatic carbocycles. The number of carbonyl (C=O) groups is 1. The van der Waals surface area contributed by atoms with Crippen LogP contribution in [0.5, 0.6) is 11.5 Å². The first-order valence-electron chi connectivity index (χ1n) is 9.01. The molecule has 1 amide bonds. The van der Waals surface area contributed by atoms with E-state index >= 15 is 0 Å². The summed E-state index contributed by atoms with van der Waals surface area (Å²) in [4.78, 5) is 23.9. The van der Waals surface area contributed by atoms with Gasteiger partial charge in [0.1, 0.15) is 30.5 Å². The predicted octanol–water partition coefficient (Wildman–Crippen LogP) is 2.24. The van der Waals surface area contributed by atoms with Gasteiger partial charge in [-0.3, -0.25) is 4.79 Å². The number of carbonyl (C=O) groups excluding carboxylic acids is 1. The third-order valence-electron chi connectivity index (χ3n) is 3.82. The highest BCUT2D eigenvalue weighted by Crippen LogP contribution is 2.17. The maximum absolute atomic E-state index is 13.0. The van der Waals surface area contributed by atoms with Crippen molar-refractivity contribution in [1.29, 1.82) is 0 Å². The third kappa shape index (κ3) is 5.68. The van der Waals surface area contributed by atoms with Crippen LogP contribution < -0.4 is 20.5 Å². The van der Waals surface area contributed by atoms with Gasteiger partial charge in [-0.05, 0) is 55.5 Å². The maximum Gasteiger partial charge on any atom is 0.437 e. The van der Waals surface area contributed by atoms with E-state index in [1.165, 1.54) is 24.3 Å². The molecule has 0 saturated carbocycles. The number of benzene rings is 2. The monoisotopic (exact) mass is 401 g/mol. The van der Waals surface area contributed by atoms with Gasteiger partial charge in [-0.2, -0.15) is 4.68 Å². The Kier molecular flexibility index (Phi) is 6.62. The zero-order valence-electron chi connectivity index (χ0n) is 15.8. The Morgan fingerprint density at radius 1 is 1.10 bits per heavy atom. The Balaban J connectivity index is 1.46. The lowest BCUT2D eigenvalue weighted by Crippen LogP contribution is -2.33. The van der Waals surface area contributed by atoms with Crippen molar-refractivity contribution < 1.29 is 23.1 Å². The SMILES string of the molecule is CCOc1ccc(OCCNC(=O)Cn2nc(-c3ccc(F)cc3)oc2=O)cc1. The molecule has 0 aliphatic rings. The van der Waals surface area contributed by atoms with E-state index in [1.54, 1.807) is 24.3 Å². The van der Waals surface area contributed by atoms with E-state index < -0.39 is 17.5 Å². The standard InChI is InChI=1S/C20H20FN3O5/c1-2-27-16-7-9-17(10-8-16)28-12-11-22-18(25)13-24-20(26)29-19(23-24)14-3-5-15(21)6-4-14/h3-10H,2,11-13H2,1H3,(H,22,25). The van der Waals surface area contributed by atoms with E-state index in [9.17, 15) is 14.0 Å². The van der Waals surface area contributed by atoms with Crippen LogP contribution in [-0.4, -0.2) is 35.4 Å². The second kappa shape index (κ2) is 9.54. The maximum atomic E-state index is 13.0. The van der Waals surface area contributed by atoms with E-state index in [4.69, 9.17) is 13.9 Å². The summed E-state index contributed by atoms with van der Waals surface area (Å²) in [6, 6.07) is 12.5. The summed E-state index contributed by atoms with van der Waals surface area (Å²) in [6.45, 7) is 2.71. The van der Waals surface area contributed by atoms with Gasteiger partial charge in [-0.25, -0.2) is 9.18 Å². The van der Waals surface area contributed by atoms with E-state index in [2.05, 4.69) is 10.4 Å². The van der Waals surface area contributed by atoms with Gasteiger partial charge >= 0.3 is 5.76 Å². The van der Waals surface area contributed by atoms with Crippen LogP contribution in [0.4, 0.5) is 4.39 Å². The normalized spacial score (nSPS) is 10.6. The molecule has 9 heteroatoms. The van der Waals surface area contributed by atoms with Crippen LogP contribution in [0.3, 0.4) is 0 Å². The quantitative estimate of drug-likeness (QED) is 0.553. The minimum atomic E-state index is -0.773. The number of nitrogens with one attached hydrogen (secondary N) is 1. The molecule has 0 aliphatic heterocycles. The molecule has 152 valence electrons. The fraction of sp³-hybridized carbons (Fsp3) is 0.250. The number of rotatable bonds is 9. The van der Waals surface area contributed by atoms with Crippen molar-refractivity contribution in [2.24, 2.45) is 0 Å². The Bertz CT molecular complexity index is 996.